The van der Waals surface area contributed by atoms with Crippen molar-refractivity contribution < 1.29 is 0 Å². The van der Waals surface area contributed by atoms with E-state index in [4.69, 9.17) is 0 Å². The normalized spacial score (nSPS) is 13.7. The van der Waals surface area contributed by atoms with Crippen LogP contribution in [0.1, 0.15) is 45.4 Å². The van der Waals surface area contributed by atoms with Crippen molar-refractivity contribution in [1.82, 2.24) is 15.1 Å². The zero-order valence-electron chi connectivity index (χ0n) is 11.7. The van der Waals surface area contributed by atoms with Gasteiger partial charge in [-0.15, -0.1) is 6.58 Å². The summed E-state index contributed by atoms with van der Waals surface area (Å²) < 4.78 is 1.90. The van der Waals surface area contributed by atoms with Crippen molar-refractivity contribution in [3.63, 3.8) is 0 Å². The summed E-state index contributed by atoms with van der Waals surface area (Å²) >= 11 is 0. The van der Waals surface area contributed by atoms with Crippen molar-refractivity contribution in [2.45, 2.75) is 52.1 Å². The number of nitrogens with zero attached hydrogens (tertiary/aromatic N) is 2. The third kappa shape index (κ3) is 4.00. The highest BCUT2D eigenvalue weighted by molar-refractivity contribution is 5.23. The van der Waals surface area contributed by atoms with Gasteiger partial charge in [0.2, 0.25) is 0 Å². The Hall–Kier alpha value is -1.09. The van der Waals surface area contributed by atoms with Crippen LogP contribution in [0.4, 0.5) is 0 Å². The van der Waals surface area contributed by atoms with Gasteiger partial charge in [-0.3, -0.25) is 4.68 Å². The lowest BCUT2D eigenvalue weighted by Gasteiger charge is -2.18. The molecule has 96 valence electrons. The van der Waals surface area contributed by atoms with E-state index in [9.17, 15) is 0 Å². The van der Waals surface area contributed by atoms with Gasteiger partial charge in [0.1, 0.15) is 0 Å². The van der Waals surface area contributed by atoms with Gasteiger partial charge < -0.3 is 5.32 Å². The number of hydrogen-bond acceptors (Lipinski definition) is 2. The Kier molecular flexibility index (Phi) is 4.52. The molecule has 1 unspecified atom stereocenters. The highest BCUT2D eigenvalue weighted by atomic mass is 15.3. The Morgan fingerprint density at radius 2 is 2.18 bits per heavy atom. The van der Waals surface area contributed by atoms with Gasteiger partial charge in [0.05, 0.1) is 5.69 Å². The molecule has 0 saturated heterocycles. The SMILES string of the molecule is C=CCC(C)NCc1cn(C)nc1C(C)(C)C. The lowest BCUT2D eigenvalue weighted by Crippen LogP contribution is -2.26. The number of nitrogens with one attached hydrogen (secondary N) is 1. The van der Waals surface area contributed by atoms with Gasteiger partial charge in [0.15, 0.2) is 0 Å². The molecular formula is C14H25N3. The summed E-state index contributed by atoms with van der Waals surface area (Å²) in [7, 11) is 1.98. The Morgan fingerprint density at radius 3 is 2.71 bits per heavy atom. The van der Waals surface area contributed by atoms with E-state index in [1.807, 2.05) is 17.8 Å². The maximum Gasteiger partial charge on any atom is 0.0722 e. The summed E-state index contributed by atoms with van der Waals surface area (Å²) in [6, 6.07) is 0.459. The van der Waals surface area contributed by atoms with E-state index < -0.39 is 0 Å². The molecule has 17 heavy (non-hydrogen) atoms. The van der Waals surface area contributed by atoms with Gasteiger partial charge in [-0.05, 0) is 13.3 Å². The molecule has 0 fully saturated rings. The lowest BCUT2D eigenvalue weighted by atomic mass is 9.89. The second-order valence-corrected chi connectivity index (χ2v) is 5.73. The zero-order chi connectivity index (χ0) is 13.1. The Bertz CT molecular complexity index is 371. The largest absolute Gasteiger partial charge is 0.310 e. The minimum Gasteiger partial charge on any atom is -0.310 e. The fraction of sp³-hybridized carbons (Fsp3) is 0.643. The molecule has 0 aliphatic heterocycles. The van der Waals surface area contributed by atoms with Crippen LogP contribution in [-0.2, 0) is 19.0 Å². The average Bonchev–Trinajstić information content (AvgIpc) is 2.57. The van der Waals surface area contributed by atoms with Gasteiger partial charge in [0, 0.05) is 36.8 Å². The summed E-state index contributed by atoms with van der Waals surface area (Å²) in [5, 5.41) is 8.06. The molecule has 0 radical (unpaired) electrons. The van der Waals surface area contributed by atoms with Crippen molar-refractivity contribution in [1.29, 1.82) is 0 Å². The minimum absolute atomic E-state index is 0.0972. The van der Waals surface area contributed by atoms with E-state index in [1.54, 1.807) is 0 Å². The van der Waals surface area contributed by atoms with E-state index in [0.717, 1.165) is 13.0 Å². The number of aromatic nitrogens is 2. The van der Waals surface area contributed by atoms with E-state index in [2.05, 4.69) is 50.9 Å². The molecule has 0 amide bonds. The molecule has 0 aliphatic carbocycles. The minimum atomic E-state index is 0.0972. The van der Waals surface area contributed by atoms with E-state index in [1.165, 1.54) is 11.3 Å². The van der Waals surface area contributed by atoms with Crippen LogP contribution in [0.3, 0.4) is 0 Å². The third-order valence-corrected chi connectivity index (χ3v) is 2.78. The van der Waals surface area contributed by atoms with Gasteiger partial charge in [-0.2, -0.15) is 5.10 Å². The fourth-order valence-electron chi connectivity index (χ4n) is 1.92. The predicted molar refractivity (Wildman–Crippen MR) is 73.0 cm³/mol. The monoisotopic (exact) mass is 235 g/mol. The maximum absolute atomic E-state index is 4.56. The maximum atomic E-state index is 4.56. The quantitative estimate of drug-likeness (QED) is 0.795. The molecule has 0 saturated carbocycles. The van der Waals surface area contributed by atoms with Crippen LogP contribution < -0.4 is 5.32 Å². The first-order valence-corrected chi connectivity index (χ1v) is 6.22. The van der Waals surface area contributed by atoms with Crippen LogP contribution >= 0.6 is 0 Å². The molecular weight excluding hydrogens is 210 g/mol. The zero-order valence-corrected chi connectivity index (χ0v) is 11.7. The van der Waals surface area contributed by atoms with Crippen LogP contribution in [0.15, 0.2) is 18.9 Å². The number of aryl methyl sites for hydroxylation is 1. The van der Waals surface area contributed by atoms with Gasteiger partial charge in [0.25, 0.3) is 0 Å². The Morgan fingerprint density at radius 1 is 1.53 bits per heavy atom. The molecule has 1 heterocycles. The average molecular weight is 235 g/mol. The van der Waals surface area contributed by atoms with Crippen LogP contribution in [0.5, 0.6) is 0 Å². The number of rotatable bonds is 5. The molecule has 1 atom stereocenters. The summed E-state index contributed by atoms with van der Waals surface area (Å²) in [6.07, 6.45) is 5.05. The summed E-state index contributed by atoms with van der Waals surface area (Å²) in [5.41, 5.74) is 2.56. The van der Waals surface area contributed by atoms with Crippen molar-refractivity contribution in [2.24, 2.45) is 7.05 Å². The molecule has 0 aromatic carbocycles. The first-order chi connectivity index (χ1) is 7.84. The highest BCUT2D eigenvalue weighted by Crippen LogP contribution is 2.24. The van der Waals surface area contributed by atoms with Crippen LogP contribution in [0.2, 0.25) is 0 Å². The van der Waals surface area contributed by atoms with Crippen molar-refractivity contribution in [3.05, 3.63) is 30.1 Å². The third-order valence-electron chi connectivity index (χ3n) is 2.78. The van der Waals surface area contributed by atoms with Crippen molar-refractivity contribution in [3.8, 4) is 0 Å². The molecule has 1 aromatic rings. The van der Waals surface area contributed by atoms with E-state index in [0.29, 0.717) is 6.04 Å². The van der Waals surface area contributed by atoms with Crippen molar-refractivity contribution in [2.75, 3.05) is 0 Å². The Labute approximate surface area is 105 Å². The molecule has 1 rings (SSSR count). The van der Waals surface area contributed by atoms with Crippen LogP contribution in [-0.4, -0.2) is 15.8 Å². The van der Waals surface area contributed by atoms with Gasteiger partial charge >= 0.3 is 0 Å². The summed E-state index contributed by atoms with van der Waals surface area (Å²) in [6.45, 7) is 13.4. The molecule has 0 bridgehead atoms. The molecule has 1 N–H and O–H groups in total. The fourth-order valence-corrected chi connectivity index (χ4v) is 1.92. The molecule has 1 aromatic heterocycles. The second-order valence-electron chi connectivity index (χ2n) is 5.73. The standard InChI is InChI=1S/C14H25N3/c1-7-8-11(2)15-9-12-10-17(6)16-13(12)14(3,4)5/h7,10-11,15H,1,8-9H2,2-6H3. The van der Waals surface area contributed by atoms with Gasteiger partial charge in [-0.25, -0.2) is 0 Å². The van der Waals surface area contributed by atoms with Crippen LogP contribution in [0, 0.1) is 0 Å². The molecule has 0 spiro atoms. The second kappa shape index (κ2) is 5.50. The smallest absolute Gasteiger partial charge is 0.0722 e. The summed E-state index contributed by atoms with van der Waals surface area (Å²) in [5.74, 6) is 0. The van der Waals surface area contributed by atoms with Gasteiger partial charge in [-0.1, -0.05) is 26.8 Å². The molecule has 3 nitrogen and oxygen atoms in total. The topological polar surface area (TPSA) is 29.9 Å². The van der Waals surface area contributed by atoms with Crippen molar-refractivity contribution >= 4 is 0 Å². The molecule has 3 heteroatoms. The van der Waals surface area contributed by atoms with E-state index >= 15 is 0 Å². The number of hydrogen-bond donors (Lipinski definition) is 1. The predicted octanol–water partition coefficient (Wildman–Crippen LogP) is 2.77. The first kappa shape index (κ1) is 14.0. The van der Waals surface area contributed by atoms with Crippen LogP contribution in [0.25, 0.3) is 0 Å². The summed E-state index contributed by atoms with van der Waals surface area (Å²) in [4.78, 5) is 0. The highest BCUT2D eigenvalue weighted by Gasteiger charge is 2.21. The first-order valence-electron chi connectivity index (χ1n) is 6.22. The van der Waals surface area contributed by atoms with E-state index in [-0.39, 0.29) is 5.41 Å². The lowest BCUT2D eigenvalue weighted by molar-refractivity contribution is 0.525. The Balaban J connectivity index is 2.74. The molecule has 0 aliphatic rings.